The van der Waals surface area contributed by atoms with Crippen LogP contribution in [0.1, 0.15) is 29.6 Å². The molecule has 1 aromatic carbocycles. The molecule has 1 atom stereocenters. The van der Waals surface area contributed by atoms with E-state index in [1.54, 1.807) is 6.07 Å². The zero-order valence-corrected chi connectivity index (χ0v) is 19.4. The van der Waals surface area contributed by atoms with Crippen LogP contribution in [-0.4, -0.2) is 60.5 Å². The second-order valence-electron chi connectivity index (χ2n) is 8.67. The first-order chi connectivity index (χ1) is 15.5. The Kier molecular flexibility index (Phi) is 5.35. The summed E-state index contributed by atoms with van der Waals surface area (Å²) in [7, 11) is 5.97. The highest BCUT2D eigenvalue weighted by atomic mass is 32.1. The number of amides is 1. The third kappa shape index (κ3) is 3.43. The van der Waals surface area contributed by atoms with Crippen molar-refractivity contribution in [1.29, 1.82) is 0 Å². The summed E-state index contributed by atoms with van der Waals surface area (Å²) in [6.45, 7) is 1.66. The third-order valence-corrected chi connectivity index (χ3v) is 7.54. The van der Waals surface area contributed by atoms with E-state index in [4.69, 9.17) is 4.98 Å². The number of hydrogen-bond donors (Lipinski definition) is 1. The summed E-state index contributed by atoms with van der Waals surface area (Å²) >= 11 is 1.46. The fourth-order valence-corrected chi connectivity index (χ4v) is 5.79. The van der Waals surface area contributed by atoms with Crippen LogP contribution >= 0.6 is 11.3 Å². The monoisotopic (exact) mass is 449 g/mol. The van der Waals surface area contributed by atoms with Crippen LogP contribution in [0, 0.1) is 0 Å². The van der Waals surface area contributed by atoms with Crippen molar-refractivity contribution >= 4 is 49.1 Å². The van der Waals surface area contributed by atoms with Gasteiger partial charge in [-0.1, -0.05) is 12.1 Å². The summed E-state index contributed by atoms with van der Waals surface area (Å²) in [5.41, 5.74) is 1.47. The summed E-state index contributed by atoms with van der Waals surface area (Å²) in [6.07, 6.45) is 3.25. The lowest BCUT2D eigenvalue weighted by molar-refractivity contribution is 0.0951. The third-order valence-electron chi connectivity index (χ3n) is 6.39. The number of nitrogens with one attached hydrogen (secondary N) is 1. The number of para-hydroxylation sites is 1. The first-order valence-electron chi connectivity index (χ1n) is 11.0. The molecule has 32 heavy (non-hydrogen) atoms. The molecular formula is C24H27N5O2S. The number of pyridine rings is 2. The Labute approximate surface area is 190 Å². The van der Waals surface area contributed by atoms with E-state index in [9.17, 15) is 9.59 Å². The molecule has 1 aliphatic rings. The zero-order chi connectivity index (χ0) is 22.4. The van der Waals surface area contributed by atoms with Crippen LogP contribution in [0.2, 0.25) is 0 Å². The number of carbonyl (C=O) groups is 1. The van der Waals surface area contributed by atoms with E-state index in [2.05, 4.69) is 17.3 Å². The fraction of sp³-hybridized carbons (Fsp3) is 0.375. The van der Waals surface area contributed by atoms with E-state index in [0.717, 1.165) is 35.4 Å². The van der Waals surface area contributed by atoms with Gasteiger partial charge in [0.1, 0.15) is 16.2 Å². The van der Waals surface area contributed by atoms with Gasteiger partial charge in [0, 0.05) is 26.7 Å². The summed E-state index contributed by atoms with van der Waals surface area (Å²) < 4.78 is 2.97. The number of benzene rings is 1. The van der Waals surface area contributed by atoms with E-state index in [0.29, 0.717) is 28.5 Å². The van der Waals surface area contributed by atoms with Crippen LogP contribution in [0.15, 0.2) is 41.2 Å². The van der Waals surface area contributed by atoms with Gasteiger partial charge in [-0.15, -0.1) is 11.3 Å². The standard InChI is InChI=1S/C24H27N5O2S/c1-27(2)19-11-10-16-21(30)20(23(31)25-13-12-15-7-6-14-28(15)3)24-29(22(16)26-19)17-8-4-5-9-18(17)32-24/h4-5,8-11,15H,6-7,12-14H2,1-3H3,(H,25,31). The molecule has 0 radical (unpaired) electrons. The van der Waals surface area contributed by atoms with E-state index in [1.165, 1.54) is 17.8 Å². The Morgan fingerprint density at radius 1 is 1.25 bits per heavy atom. The first kappa shape index (κ1) is 20.9. The van der Waals surface area contributed by atoms with Gasteiger partial charge in [0.05, 0.1) is 15.6 Å². The van der Waals surface area contributed by atoms with Crippen LogP contribution in [0.3, 0.4) is 0 Å². The normalized spacial score (nSPS) is 16.9. The zero-order valence-electron chi connectivity index (χ0n) is 18.6. The van der Waals surface area contributed by atoms with E-state index in [1.807, 2.05) is 53.7 Å². The molecule has 0 aliphatic carbocycles. The lowest BCUT2D eigenvalue weighted by Gasteiger charge is -2.19. The molecule has 4 heterocycles. The molecule has 1 fully saturated rings. The van der Waals surface area contributed by atoms with Gasteiger partial charge in [0.2, 0.25) is 5.43 Å². The molecule has 4 aromatic rings. The minimum absolute atomic E-state index is 0.206. The predicted molar refractivity (Wildman–Crippen MR) is 131 cm³/mol. The van der Waals surface area contributed by atoms with Crippen molar-refractivity contribution in [3.8, 4) is 0 Å². The molecule has 1 amide bonds. The summed E-state index contributed by atoms with van der Waals surface area (Å²) in [6, 6.07) is 12.0. The molecule has 5 rings (SSSR count). The smallest absolute Gasteiger partial charge is 0.258 e. The van der Waals surface area contributed by atoms with Crippen molar-refractivity contribution in [2.24, 2.45) is 0 Å². The Morgan fingerprint density at radius 2 is 2.06 bits per heavy atom. The molecule has 7 nitrogen and oxygen atoms in total. The average Bonchev–Trinajstić information content (AvgIpc) is 3.36. The van der Waals surface area contributed by atoms with Crippen LogP contribution in [0.25, 0.3) is 26.1 Å². The summed E-state index contributed by atoms with van der Waals surface area (Å²) in [5, 5.41) is 3.47. The Balaban J connectivity index is 1.63. The molecule has 0 bridgehead atoms. The number of aromatic nitrogens is 2. The number of likely N-dealkylation sites (tertiary alicyclic amines) is 1. The SMILES string of the molecule is CN(C)c1ccc2c(=O)c(C(=O)NCCC3CCCN3C)c3sc4ccccc4n3c2n1. The van der Waals surface area contributed by atoms with Gasteiger partial charge in [0.15, 0.2) is 5.65 Å². The number of nitrogens with zero attached hydrogens (tertiary/aromatic N) is 4. The minimum Gasteiger partial charge on any atom is -0.363 e. The lowest BCUT2D eigenvalue weighted by atomic mass is 10.1. The van der Waals surface area contributed by atoms with Crippen LogP contribution < -0.4 is 15.6 Å². The molecule has 1 unspecified atom stereocenters. The van der Waals surface area contributed by atoms with Crippen molar-refractivity contribution in [3.63, 3.8) is 0 Å². The maximum Gasteiger partial charge on any atom is 0.258 e. The number of fused-ring (bicyclic) bond motifs is 5. The minimum atomic E-state index is -0.307. The van der Waals surface area contributed by atoms with E-state index >= 15 is 0 Å². The first-order valence-corrected chi connectivity index (χ1v) is 11.8. The Bertz CT molecular complexity index is 1390. The number of carbonyl (C=O) groups excluding carboxylic acids is 1. The molecule has 8 heteroatoms. The topological polar surface area (TPSA) is 70.0 Å². The summed E-state index contributed by atoms with van der Waals surface area (Å²) in [5.74, 6) is 0.456. The number of hydrogen-bond acceptors (Lipinski definition) is 6. The molecule has 0 saturated carbocycles. The molecule has 0 spiro atoms. The Hall–Kier alpha value is -2.97. The van der Waals surface area contributed by atoms with Gasteiger partial charge >= 0.3 is 0 Å². The maximum atomic E-state index is 13.5. The van der Waals surface area contributed by atoms with Gasteiger partial charge in [-0.05, 0) is 57.1 Å². The fourth-order valence-electron chi connectivity index (χ4n) is 4.61. The Morgan fingerprint density at radius 3 is 2.81 bits per heavy atom. The lowest BCUT2D eigenvalue weighted by Crippen LogP contribution is -2.34. The second kappa shape index (κ2) is 8.18. The van der Waals surface area contributed by atoms with Crippen LogP contribution in [0.5, 0.6) is 0 Å². The molecule has 3 aromatic heterocycles. The van der Waals surface area contributed by atoms with Gasteiger partial charge in [-0.25, -0.2) is 4.98 Å². The number of anilines is 1. The predicted octanol–water partition coefficient (Wildman–Crippen LogP) is 3.34. The van der Waals surface area contributed by atoms with Gasteiger partial charge in [0.25, 0.3) is 5.91 Å². The summed E-state index contributed by atoms with van der Waals surface area (Å²) in [4.78, 5) is 36.4. The highest BCUT2D eigenvalue weighted by molar-refractivity contribution is 7.24. The van der Waals surface area contributed by atoms with Crippen molar-refractivity contribution in [2.45, 2.75) is 25.3 Å². The molecular weight excluding hydrogens is 422 g/mol. The second-order valence-corrected chi connectivity index (χ2v) is 9.70. The van der Waals surface area contributed by atoms with Crippen molar-refractivity contribution in [3.05, 3.63) is 52.2 Å². The van der Waals surface area contributed by atoms with Crippen molar-refractivity contribution in [2.75, 3.05) is 39.1 Å². The molecule has 1 saturated heterocycles. The average molecular weight is 450 g/mol. The highest BCUT2D eigenvalue weighted by Gasteiger charge is 2.24. The van der Waals surface area contributed by atoms with E-state index in [-0.39, 0.29) is 16.9 Å². The quantitative estimate of drug-likeness (QED) is 0.506. The highest BCUT2D eigenvalue weighted by Crippen LogP contribution is 2.31. The number of thiazole rings is 1. The van der Waals surface area contributed by atoms with E-state index < -0.39 is 0 Å². The van der Waals surface area contributed by atoms with Crippen LogP contribution in [-0.2, 0) is 0 Å². The molecule has 1 aliphatic heterocycles. The molecule has 166 valence electrons. The van der Waals surface area contributed by atoms with Gasteiger partial charge < -0.3 is 15.1 Å². The largest absolute Gasteiger partial charge is 0.363 e. The maximum absolute atomic E-state index is 13.5. The van der Waals surface area contributed by atoms with Gasteiger partial charge in [-0.3, -0.25) is 14.0 Å². The van der Waals surface area contributed by atoms with Crippen molar-refractivity contribution < 1.29 is 4.79 Å². The van der Waals surface area contributed by atoms with Gasteiger partial charge in [-0.2, -0.15) is 0 Å². The molecule has 1 N–H and O–H groups in total. The number of rotatable bonds is 5. The van der Waals surface area contributed by atoms with Crippen LogP contribution in [0.4, 0.5) is 5.82 Å². The van der Waals surface area contributed by atoms with Crippen molar-refractivity contribution in [1.82, 2.24) is 19.6 Å².